The number of rotatable bonds is 25. The highest BCUT2D eigenvalue weighted by atomic mass is 28.5. The zero-order valence-electron chi connectivity index (χ0n) is 30.9. The molecule has 0 aliphatic heterocycles. The van der Waals surface area contributed by atoms with Crippen molar-refractivity contribution in [2.45, 2.75) is 163 Å². The maximum Gasteiger partial charge on any atom is 0.469 e. The SMILES string of the molecule is C=C(C)C(=O)OCC(O)COC(CC[Si](O[Si](C)(C)C)(O[Si](C)(C)C)O[Si](C)(C)C)OCCCCCCCCCC(C)(C)C. The first-order valence-electron chi connectivity index (χ1n) is 16.8. The lowest BCUT2D eigenvalue weighted by molar-refractivity contribution is -0.167. The van der Waals surface area contributed by atoms with Crippen LogP contribution in [0.2, 0.25) is 65.0 Å². The van der Waals surface area contributed by atoms with Crippen LogP contribution in [0.4, 0.5) is 0 Å². The van der Waals surface area contributed by atoms with E-state index >= 15 is 0 Å². The highest BCUT2D eigenvalue weighted by molar-refractivity contribution is 6.90. The van der Waals surface area contributed by atoms with Gasteiger partial charge in [-0.25, -0.2) is 4.79 Å². The number of aliphatic hydroxyl groups excluding tert-OH is 1. The summed E-state index contributed by atoms with van der Waals surface area (Å²) >= 11 is 0. The normalized spacial score (nSPS) is 14.9. The summed E-state index contributed by atoms with van der Waals surface area (Å²) in [7, 11) is -9.11. The minimum absolute atomic E-state index is 0.0180. The average molecular weight is 695 g/mol. The molecule has 0 aromatic carbocycles. The molecule has 0 aliphatic carbocycles. The van der Waals surface area contributed by atoms with Gasteiger partial charge in [0.05, 0.1) is 6.61 Å². The molecule has 0 rings (SSSR count). The minimum atomic E-state index is -3.07. The second-order valence-electron chi connectivity index (χ2n) is 16.3. The maximum absolute atomic E-state index is 11.8. The Labute approximate surface area is 275 Å². The summed E-state index contributed by atoms with van der Waals surface area (Å²) in [6.45, 7) is 32.0. The maximum atomic E-state index is 11.8. The molecule has 0 radical (unpaired) electrons. The van der Waals surface area contributed by atoms with Crippen LogP contribution in [0, 0.1) is 5.41 Å². The van der Waals surface area contributed by atoms with Crippen LogP contribution in [0.5, 0.6) is 0 Å². The third kappa shape index (κ3) is 26.0. The Morgan fingerprint density at radius 2 is 1.18 bits per heavy atom. The lowest BCUT2D eigenvalue weighted by Gasteiger charge is -2.43. The minimum Gasteiger partial charge on any atom is -0.460 e. The molecule has 0 saturated carbocycles. The summed E-state index contributed by atoms with van der Waals surface area (Å²) in [5.41, 5.74) is 0.712. The van der Waals surface area contributed by atoms with Crippen molar-refractivity contribution in [3.63, 3.8) is 0 Å². The molecule has 2 atom stereocenters. The Hall–Kier alpha value is -0.162. The van der Waals surface area contributed by atoms with Gasteiger partial charge in [0.1, 0.15) is 12.7 Å². The van der Waals surface area contributed by atoms with Gasteiger partial charge in [-0.05, 0) is 84.1 Å². The highest BCUT2D eigenvalue weighted by Crippen LogP contribution is 2.31. The third-order valence-electron chi connectivity index (χ3n) is 6.18. The highest BCUT2D eigenvalue weighted by Gasteiger charge is 2.50. The number of ether oxygens (including phenoxy) is 3. The van der Waals surface area contributed by atoms with E-state index < -0.39 is 52.1 Å². The van der Waals surface area contributed by atoms with Crippen molar-refractivity contribution in [2.75, 3.05) is 19.8 Å². The Morgan fingerprint density at radius 3 is 1.61 bits per heavy atom. The summed E-state index contributed by atoms with van der Waals surface area (Å²) in [6.07, 6.45) is 8.68. The van der Waals surface area contributed by atoms with Gasteiger partial charge < -0.3 is 31.7 Å². The average Bonchev–Trinajstić information content (AvgIpc) is 2.80. The van der Waals surface area contributed by atoms with E-state index in [-0.39, 0.29) is 18.8 Å². The van der Waals surface area contributed by atoms with Crippen molar-refractivity contribution in [3.8, 4) is 0 Å². The van der Waals surface area contributed by atoms with Crippen molar-refractivity contribution in [3.05, 3.63) is 12.2 Å². The van der Waals surface area contributed by atoms with Crippen molar-refractivity contribution in [1.29, 1.82) is 0 Å². The van der Waals surface area contributed by atoms with E-state index in [4.69, 9.17) is 26.6 Å². The van der Waals surface area contributed by atoms with Gasteiger partial charge in [-0.1, -0.05) is 65.9 Å². The van der Waals surface area contributed by atoms with Gasteiger partial charge in [-0.2, -0.15) is 0 Å². The fraction of sp³-hybridized carbons (Fsp3) is 0.906. The van der Waals surface area contributed by atoms with Gasteiger partial charge in [0.25, 0.3) is 0 Å². The van der Waals surface area contributed by atoms with Gasteiger partial charge >= 0.3 is 14.8 Å². The van der Waals surface area contributed by atoms with Gasteiger partial charge in [0.2, 0.25) is 0 Å². The van der Waals surface area contributed by atoms with E-state index in [2.05, 4.69) is 86.3 Å². The van der Waals surface area contributed by atoms with Crippen molar-refractivity contribution >= 4 is 39.7 Å². The van der Waals surface area contributed by atoms with E-state index in [0.717, 1.165) is 12.8 Å². The molecule has 0 saturated heterocycles. The van der Waals surface area contributed by atoms with Crippen LogP contribution in [0.25, 0.3) is 0 Å². The number of hydrogen-bond donors (Lipinski definition) is 1. The molecule has 0 fully saturated rings. The number of carbonyl (C=O) groups excluding carboxylic acids is 1. The number of esters is 1. The van der Waals surface area contributed by atoms with E-state index in [9.17, 15) is 9.90 Å². The summed E-state index contributed by atoms with van der Waals surface area (Å²) in [5, 5.41) is 10.5. The lowest BCUT2D eigenvalue weighted by Crippen LogP contribution is -2.60. The zero-order chi connectivity index (χ0) is 34.2. The molecule has 1 N–H and O–H groups in total. The molecule has 44 heavy (non-hydrogen) atoms. The fourth-order valence-corrected chi connectivity index (χ4v) is 19.2. The smallest absolute Gasteiger partial charge is 0.460 e. The standard InChI is InChI=1S/C32H70O8Si4/c1-28(2)31(34)37-27-29(33)26-36-30(35-24-21-19-17-15-16-18-20-23-32(3,4)5)22-25-44(38-41(6,7)8,39-42(9,10)11)40-43(12,13)14/h29-30,33H,1,15-27H2,2-14H3. The second kappa shape index (κ2) is 20.3. The molecule has 8 nitrogen and oxygen atoms in total. The fourth-order valence-electron chi connectivity index (χ4n) is 4.54. The molecular weight excluding hydrogens is 625 g/mol. The molecule has 12 heteroatoms. The lowest BCUT2D eigenvalue weighted by atomic mass is 9.89. The topological polar surface area (TPSA) is 92.7 Å². The number of carbonyl (C=O) groups is 1. The summed E-state index contributed by atoms with van der Waals surface area (Å²) in [5.74, 6) is -0.530. The van der Waals surface area contributed by atoms with Crippen LogP contribution in [0.15, 0.2) is 12.2 Å². The van der Waals surface area contributed by atoms with Crippen molar-refractivity contribution in [1.82, 2.24) is 0 Å². The summed E-state index contributed by atoms with van der Waals surface area (Å²) in [4.78, 5) is 11.8. The largest absolute Gasteiger partial charge is 0.469 e. The molecule has 0 heterocycles. The Morgan fingerprint density at radius 1 is 0.727 bits per heavy atom. The van der Waals surface area contributed by atoms with Crippen LogP contribution in [-0.4, -0.2) is 77.0 Å². The van der Waals surface area contributed by atoms with Gasteiger partial charge in [0.15, 0.2) is 31.2 Å². The van der Waals surface area contributed by atoms with Gasteiger partial charge in [0, 0.05) is 24.6 Å². The number of aliphatic hydroxyl groups is 1. The Kier molecular flexibility index (Phi) is 20.2. The van der Waals surface area contributed by atoms with Gasteiger partial charge in [-0.3, -0.25) is 0 Å². The zero-order valence-corrected chi connectivity index (χ0v) is 34.9. The molecule has 0 aromatic rings. The van der Waals surface area contributed by atoms with E-state index in [1.54, 1.807) is 6.92 Å². The van der Waals surface area contributed by atoms with Gasteiger partial charge in [-0.15, -0.1) is 0 Å². The monoisotopic (exact) mass is 694 g/mol. The van der Waals surface area contributed by atoms with Crippen LogP contribution in [-0.2, 0) is 31.4 Å². The first-order valence-corrected chi connectivity index (χ1v) is 28.9. The Balaban J connectivity index is 5.35. The van der Waals surface area contributed by atoms with E-state index in [0.29, 0.717) is 24.5 Å². The quantitative estimate of drug-likeness (QED) is 0.0333. The first kappa shape index (κ1) is 43.8. The van der Waals surface area contributed by atoms with Crippen LogP contribution in [0.1, 0.15) is 85.5 Å². The van der Waals surface area contributed by atoms with Crippen molar-refractivity contribution < 1.29 is 36.5 Å². The van der Waals surface area contributed by atoms with Crippen LogP contribution in [0.3, 0.4) is 0 Å². The van der Waals surface area contributed by atoms with E-state index in [1.807, 2.05) is 0 Å². The molecule has 0 aromatic heterocycles. The molecular formula is C32H70O8Si4. The van der Waals surface area contributed by atoms with Crippen molar-refractivity contribution in [2.24, 2.45) is 5.41 Å². The predicted octanol–water partition coefficient (Wildman–Crippen LogP) is 8.88. The molecule has 0 amide bonds. The summed E-state index contributed by atoms with van der Waals surface area (Å²) in [6, 6.07) is 0.575. The molecule has 0 bridgehead atoms. The summed E-state index contributed by atoms with van der Waals surface area (Å²) < 4.78 is 38.0. The van der Waals surface area contributed by atoms with E-state index in [1.165, 1.54) is 38.5 Å². The first-order chi connectivity index (χ1) is 19.9. The number of hydrogen-bond acceptors (Lipinski definition) is 8. The van der Waals surface area contributed by atoms with Crippen LogP contribution < -0.4 is 0 Å². The van der Waals surface area contributed by atoms with Crippen LogP contribution >= 0.6 is 0 Å². The Bertz CT molecular complexity index is 772. The second-order valence-corrected chi connectivity index (χ2v) is 33.3. The third-order valence-corrected chi connectivity index (χ3v) is 18.2. The molecule has 2 unspecified atom stereocenters. The predicted molar refractivity (Wildman–Crippen MR) is 192 cm³/mol. The molecule has 262 valence electrons. The molecule has 0 aliphatic rings. The molecule has 0 spiro atoms. The number of unbranched alkanes of at least 4 members (excludes halogenated alkanes) is 6.